The molecule has 0 bridgehead atoms. The zero-order chi connectivity index (χ0) is 11.4. The summed E-state index contributed by atoms with van der Waals surface area (Å²) in [6.45, 7) is 0. The standard InChI is InChI=1S/C10H5FN2O2/c11-9-2-6(3-10(14)15)1-7(4-12)8(9)5-13/h1-2H,3H2,(H,14,15). The SMILES string of the molecule is N#Cc1cc(CC(=O)O)cc(F)c1C#N. The Morgan fingerprint density at radius 3 is 2.53 bits per heavy atom. The van der Waals surface area contributed by atoms with Gasteiger partial charge >= 0.3 is 5.97 Å². The van der Waals surface area contributed by atoms with Gasteiger partial charge in [0.1, 0.15) is 23.5 Å². The molecule has 4 nitrogen and oxygen atoms in total. The van der Waals surface area contributed by atoms with E-state index >= 15 is 0 Å². The third kappa shape index (κ3) is 2.29. The zero-order valence-electron chi connectivity index (χ0n) is 7.49. The van der Waals surface area contributed by atoms with Crippen LogP contribution in [0.2, 0.25) is 0 Å². The monoisotopic (exact) mass is 204 g/mol. The number of hydrogen-bond acceptors (Lipinski definition) is 3. The molecule has 74 valence electrons. The van der Waals surface area contributed by atoms with Crippen LogP contribution in [0.25, 0.3) is 0 Å². The summed E-state index contributed by atoms with van der Waals surface area (Å²) in [6.07, 6.45) is -0.378. The zero-order valence-corrected chi connectivity index (χ0v) is 7.49. The summed E-state index contributed by atoms with van der Waals surface area (Å²) >= 11 is 0. The summed E-state index contributed by atoms with van der Waals surface area (Å²) in [5, 5.41) is 25.6. The molecule has 0 fully saturated rings. The van der Waals surface area contributed by atoms with Crippen LogP contribution in [-0.4, -0.2) is 11.1 Å². The number of carbonyl (C=O) groups is 1. The lowest BCUT2D eigenvalue weighted by molar-refractivity contribution is -0.136. The number of nitriles is 2. The highest BCUT2D eigenvalue weighted by Gasteiger charge is 2.11. The smallest absolute Gasteiger partial charge is 0.307 e. The lowest BCUT2D eigenvalue weighted by Gasteiger charge is -2.01. The molecule has 1 N–H and O–H groups in total. The molecule has 1 aromatic carbocycles. The third-order valence-corrected chi connectivity index (χ3v) is 1.74. The van der Waals surface area contributed by atoms with Gasteiger partial charge in [0.05, 0.1) is 12.0 Å². The van der Waals surface area contributed by atoms with Gasteiger partial charge in [-0.25, -0.2) is 4.39 Å². The molecule has 0 saturated heterocycles. The molecule has 1 rings (SSSR count). The van der Waals surface area contributed by atoms with E-state index in [9.17, 15) is 9.18 Å². The maximum atomic E-state index is 13.2. The number of nitrogens with zero attached hydrogens (tertiary/aromatic N) is 2. The molecule has 0 heterocycles. The Labute approximate surface area is 84.8 Å². The largest absolute Gasteiger partial charge is 0.481 e. The number of aliphatic carboxylic acids is 1. The molecule has 1 aromatic rings. The van der Waals surface area contributed by atoms with Crippen LogP contribution in [0, 0.1) is 28.5 Å². The normalized spacial score (nSPS) is 9.00. The van der Waals surface area contributed by atoms with E-state index in [1.54, 1.807) is 12.1 Å². The molecule has 0 amide bonds. The van der Waals surface area contributed by atoms with Crippen molar-refractivity contribution < 1.29 is 14.3 Å². The summed E-state index contributed by atoms with van der Waals surface area (Å²) in [5.74, 6) is -1.99. The molecular formula is C10H5FN2O2. The van der Waals surface area contributed by atoms with E-state index in [-0.39, 0.29) is 23.1 Å². The number of rotatable bonds is 2. The van der Waals surface area contributed by atoms with Crippen molar-refractivity contribution >= 4 is 5.97 Å². The van der Waals surface area contributed by atoms with E-state index in [1.807, 2.05) is 0 Å². The highest BCUT2D eigenvalue weighted by Crippen LogP contribution is 2.15. The van der Waals surface area contributed by atoms with Gasteiger partial charge in [-0.3, -0.25) is 4.79 Å². The van der Waals surface area contributed by atoms with E-state index < -0.39 is 11.8 Å². The van der Waals surface area contributed by atoms with Crippen LogP contribution in [0.3, 0.4) is 0 Å². The lowest BCUT2D eigenvalue weighted by atomic mass is 10.0. The van der Waals surface area contributed by atoms with Crippen molar-refractivity contribution in [1.29, 1.82) is 10.5 Å². The maximum Gasteiger partial charge on any atom is 0.307 e. The van der Waals surface area contributed by atoms with Gasteiger partial charge in [-0.1, -0.05) is 0 Å². The molecule has 0 aliphatic heterocycles. The number of hydrogen-bond donors (Lipinski definition) is 1. The van der Waals surface area contributed by atoms with E-state index in [4.69, 9.17) is 15.6 Å². The van der Waals surface area contributed by atoms with Crippen LogP contribution in [-0.2, 0) is 11.2 Å². The quantitative estimate of drug-likeness (QED) is 0.784. The van der Waals surface area contributed by atoms with Crippen LogP contribution in [0.4, 0.5) is 4.39 Å². The molecule has 0 atom stereocenters. The van der Waals surface area contributed by atoms with E-state index in [0.29, 0.717) is 0 Å². The number of benzene rings is 1. The molecule has 0 aliphatic carbocycles. The van der Waals surface area contributed by atoms with Crippen LogP contribution in [0.5, 0.6) is 0 Å². The second-order valence-corrected chi connectivity index (χ2v) is 2.79. The van der Waals surface area contributed by atoms with Crippen molar-refractivity contribution in [1.82, 2.24) is 0 Å². The fourth-order valence-electron chi connectivity index (χ4n) is 1.14. The summed E-state index contributed by atoms with van der Waals surface area (Å²) < 4.78 is 13.2. The van der Waals surface area contributed by atoms with Crippen molar-refractivity contribution in [3.63, 3.8) is 0 Å². The van der Waals surface area contributed by atoms with Gasteiger partial charge in [-0.05, 0) is 17.7 Å². The van der Waals surface area contributed by atoms with Gasteiger partial charge in [-0.15, -0.1) is 0 Å². The second-order valence-electron chi connectivity index (χ2n) is 2.79. The van der Waals surface area contributed by atoms with Gasteiger partial charge in [0, 0.05) is 0 Å². The Hall–Kier alpha value is -2.40. The minimum atomic E-state index is -1.12. The first-order valence-electron chi connectivity index (χ1n) is 3.93. The van der Waals surface area contributed by atoms with Crippen molar-refractivity contribution in [2.24, 2.45) is 0 Å². The summed E-state index contributed by atoms with van der Waals surface area (Å²) in [6, 6.07) is 5.35. The predicted molar refractivity (Wildman–Crippen MR) is 47.2 cm³/mol. The van der Waals surface area contributed by atoms with Gasteiger partial charge in [0.15, 0.2) is 0 Å². The van der Waals surface area contributed by atoms with Crippen LogP contribution >= 0.6 is 0 Å². The van der Waals surface area contributed by atoms with Crippen molar-refractivity contribution in [2.45, 2.75) is 6.42 Å². The minimum Gasteiger partial charge on any atom is -0.481 e. The molecule has 0 radical (unpaired) electrons. The van der Waals surface area contributed by atoms with E-state index in [0.717, 1.165) is 6.07 Å². The topological polar surface area (TPSA) is 84.9 Å². The molecule has 15 heavy (non-hydrogen) atoms. The summed E-state index contributed by atoms with van der Waals surface area (Å²) in [5.41, 5.74) is -0.337. The highest BCUT2D eigenvalue weighted by atomic mass is 19.1. The lowest BCUT2D eigenvalue weighted by Crippen LogP contribution is -2.02. The molecule has 5 heteroatoms. The average Bonchev–Trinajstić information content (AvgIpc) is 2.15. The third-order valence-electron chi connectivity index (χ3n) is 1.74. The first-order chi connectivity index (χ1) is 7.08. The van der Waals surface area contributed by atoms with E-state index in [2.05, 4.69) is 0 Å². The molecule has 0 unspecified atom stereocenters. The van der Waals surface area contributed by atoms with Crippen LogP contribution in [0.1, 0.15) is 16.7 Å². The Kier molecular flexibility index (Phi) is 3.00. The van der Waals surface area contributed by atoms with Gasteiger partial charge < -0.3 is 5.11 Å². The van der Waals surface area contributed by atoms with E-state index in [1.165, 1.54) is 6.07 Å². The second kappa shape index (κ2) is 4.21. The van der Waals surface area contributed by atoms with Crippen molar-refractivity contribution in [3.8, 4) is 12.1 Å². The predicted octanol–water partition coefficient (Wildman–Crippen LogP) is 1.20. The first kappa shape index (κ1) is 10.7. The van der Waals surface area contributed by atoms with Crippen LogP contribution < -0.4 is 0 Å². The Balaban J connectivity index is 3.29. The Morgan fingerprint density at radius 2 is 2.07 bits per heavy atom. The number of carboxylic acids is 1. The van der Waals surface area contributed by atoms with Crippen molar-refractivity contribution in [2.75, 3.05) is 0 Å². The fraction of sp³-hybridized carbons (Fsp3) is 0.100. The van der Waals surface area contributed by atoms with Gasteiger partial charge in [-0.2, -0.15) is 10.5 Å². The molecule has 0 spiro atoms. The summed E-state index contributed by atoms with van der Waals surface area (Å²) in [7, 11) is 0. The van der Waals surface area contributed by atoms with Crippen molar-refractivity contribution in [3.05, 3.63) is 34.6 Å². The number of halogens is 1. The maximum absolute atomic E-state index is 13.2. The minimum absolute atomic E-state index is 0.145. The molecule has 0 aliphatic rings. The highest BCUT2D eigenvalue weighted by molar-refractivity contribution is 5.70. The average molecular weight is 204 g/mol. The molecule has 0 saturated carbocycles. The number of carboxylic acid groups (broad SMARTS) is 1. The van der Waals surface area contributed by atoms with Gasteiger partial charge in [0.25, 0.3) is 0 Å². The Bertz CT molecular complexity index is 497. The first-order valence-corrected chi connectivity index (χ1v) is 3.93. The molecule has 0 aromatic heterocycles. The molecular weight excluding hydrogens is 199 g/mol. The Morgan fingerprint density at radius 1 is 1.40 bits per heavy atom. The fourth-order valence-corrected chi connectivity index (χ4v) is 1.14. The summed E-state index contributed by atoms with van der Waals surface area (Å²) in [4.78, 5) is 10.4. The van der Waals surface area contributed by atoms with Crippen LogP contribution in [0.15, 0.2) is 12.1 Å². The van der Waals surface area contributed by atoms with Gasteiger partial charge in [0.2, 0.25) is 0 Å².